The number of carbonyl (C=O) groups is 1. The van der Waals surface area contributed by atoms with Crippen LogP contribution in [0.25, 0.3) is 5.57 Å². The average molecular weight is 370 g/mol. The first-order valence-electron chi connectivity index (χ1n) is 9.44. The Morgan fingerprint density at radius 3 is 2.25 bits per heavy atom. The standard InChI is InChI=1S/C25H22O3/c1-3-28-25(26)24-22(17-10-6-4-7-11-17)20-15-14-19(27-2)16-21(20)23(24)18-12-8-5-9-13-18/h4-16,23H,3H2,1-2H3. The van der Waals surface area contributed by atoms with Gasteiger partial charge in [0.05, 0.1) is 19.3 Å². The van der Waals surface area contributed by atoms with Crippen LogP contribution >= 0.6 is 0 Å². The highest BCUT2D eigenvalue weighted by atomic mass is 16.5. The molecule has 1 atom stereocenters. The minimum atomic E-state index is -0.273. The van der Waals surface area contributed by atoms with E-state index in [1.54, 1.807) is 7.11 Å². The Morgan fingerprint density at radius 1 is 0.929 bits per heavy atom. The van der Waals surface area contributed by atoms with Crippen LogP contribution in [0.4, 0.5) is 0 Å². The van der Waals surface area contributed by atoms with Crippen molar-refractivity contribution in [1.82, 2.24) is 0 Å². The maximum Gasteiger partial charge on any atom is 0.335 e. The van der Waals surface area contributed by atoms with Crippen molar-refractivity contribution in [2.45, 2.75) is 12.8 Å². The summed E-state index contributed by atoms with van der Waals surface area (Å²) < 4.78 is 11.0. The third kappa shape index (κ3) is 3.09. The fourth-order valence-corrected chi connectivity index (χ4v) is 3.92. The van der Waals surface area contributed by atoms with E-state index < -0.39 is 0 Å². The molecule has 3 nitrogen and oxygen atoms in total. The van der Waals surface area contributed by atoms with Gasteiger partial charge in [0.2, 0.25) is 0 Å². The number of methoxy groups -OCH3 is 1. The molecule has 3 aromatic carbocycles. The van der Waals surface area contributed by atoms with Gasteiger partial charge in [-0.3, -0.25) is 0 Å². The quantitative estimate of drug-likeness (QED) is 0.579. The van der Waals surface area contributed by atoms with Gasteiger partial charge in [0.15, 0.2) is 0 Å². The topological polar surface area (TPSA) is 35.5 Å². The summed E-state index contributed by atoms with van der Waals surface area (Å²) in [7, 11) is 1.66. The molecule has 0 spiro atoms. The Labute approximate surface area is 165 Å². The van der Waals surface area contributed by atoms with Crippen molar-refractivity contribution < 1.29 is 14.3 Å². The zero-order chi connectivity index (χ0) is 19.5. The Kier molecular flexibility index (Phi) is 4.98. The number of hydrogen-bond donors (Lipinski definition) is 0. The number of rotatable bonds is 5. The van der Waals surface area contributed by atoms with E-state index in [4.69, 9.17) is 9.47 Å². The Bertz CT molecular complexity index is 1020. The predicted octanol–water partition coefficient (Wildman–Crippen LogP) is 5.21. The van der Waals surface area contributed by atoms with Crippen LogP contribution in [0.3, 0.4) is 0 Å². The zero-order valence-corrected chi connectivity index (χ0v) is 16.0. The first-order chi connectivity index (χ1) is 13.7. The third-order valence-electron chi connectivity index (χ3n) is 5.09. The molecule has 0 amide bonds. The SMILES string of the molecule is CCOC(=O)C1=C(c2ccccc2)c2ccc(OC)cc2C1c1ccccc1. The Hall–Kier alpha value is -3.33. The lowest BCUT2D eigenvalue weighted by Crippen LogP contribution is -2.14. The smallest absolute Gasteiger partial charge is 0.335 e. The zero-order valence-electron chi connectivity index (χ0n) is 16.0. The third-order valence-corrected chi connectivity index (χ3v) is 5.09. The molecule has 140 valence electrons. The highest BCUT2D eigenvalue weighted by Gasteiger charge is 2.37. The second kappa shape index (κ2) is 7.73. The molecule has 0 heterocycles. The highest BCUT2D eigenvalue weighted by Crippen LogP contribution is 2.49. The van der Waals surface area contributed by atoms with E-state index in [9.17, 15) is 4.79 Å². The Morgan fingerprint density at radius 2 is 1.61 bits per heavy atom. The van der Waals surface area contributed by atoms with Crippen molar-refractivity contribution in [2.75, 3.05) is 13.7 Å². The van der Waals surface area contributed by atoms with Crippen molar-refractivity contribution in [3.63, 3.8) is 0 Å². The average Bonchev–Trinajstić information content (AvgIpc) is 3.09. The first kappa shape index (κ1) is 18.1. The highest BCUT2D eigenvalue weighted by molar-refractivity contribution is 6.07. The van der Waals surface area contributed by atoms with Gasteiger partial charge < -0.3 is 9.47 Å². The number of benzene rings is 3. The van der Waals surface area contributed by atoms with E-state index >= 15 is 0 Å². The molecule has 3 heteroatoms. The van der Waals surface area contributed by atoms with E-state index in [1.165, 1.54) is 0 Å². The molecule has 0 saturated heterocycles. The van der Waals surface area contributed by atoms with Gasteiger partial charge >= 0.3 is 5.97 Å². The van der Waals surface area contributed by atoms with E-state index in [1.807, 2.05) is 73.7 Å². The second-order valence-corrected chi connectivity index (χ2v) is 6.67. The van der Waals surface area contributed by atoms with Crippen molar-refractivity contribution in [1.29, 1.82) is 0 Å². The molecule has 0 aromatic heterocycles. The molecule has 0 saturated carbocycles. The number of esters is 1. The van der Waals surface area contributed by atoms with Crippen LogP contribution in [0.1, 0.15) is 35.1 Å². The van der Waals surface area contributed by atoms with Crippen LogP contribution in [0.15, 0.2) is 84.4 Å². The molecule has 0 aliphatic heterocycles. The molecule has 1 unspecified atom stereocenters. The van der Waals surface area contributed by atoms with Crippen LogP contribution in [-0.2, 0) is 9.53 Å². The monoisotopic (exact) mass is 370 g/mol. The van der Waals surface area contributed by atoms with Crippen molar-refractivity contribution >= 4 is 11.5 Å². The van der Waals surface area contributed by atoms with E-state index in [0.717, 1.165) is 33.6 Å². The van der Waals surface area contributed by atoms with Crippen molar-refractivity contribution in [3.8, 4) is 5.75 Å². The first-order valence-corrected chi connectivity index (χ1v) is 9.44. The minimum absolute atomic E-state index is 0.194. The van der Waals surface area contributed by atoms with Gasteiger partial charge in [-0.25, -0.2) is 4.79 Å². The molecule has 1 aliphatic rings. The maximum absolute atomic E-state index is 13.1. The lowest BCUT2D eigenvalue weighted by atomic mass is 9.88. The van der Waals surface area contributed by atoms with E-state index in [-0.39, 0.29) is 11.9 Å². The molecular formula is C25H22O3. The summed E-state index contributed by atoms with van der Waals surface area (Å²) in [6.07, 6.45) is 0. The van der Waals surface area contributed by atoms with Gasteiger partial charge in [0, 0.05) is 11.5 Å². The minimum Gasteiger partial charge on any atom is -0.497 e. The summed E-state index contributed by atoms with van der Waals surface area (Å²) in [4.78, 5) is 13.1. The maximum atomic E-state index is 13.1. The summed E-state index contributed by atoms with van der Waals surface area (Å²) >= 11 is 0. The molecule has 3 aromatic rings. The Balaban J connectivity index is 2.02. The van der Waals surface area contributed by atoms with Gasteiger partial charge in [0.25, 0.3) is 0 Å². The number of carbonyl (C=O) groups excluding carboxylic acids is 1. The predicted molar refractivity (Wildman–Crippen MR) is 110 cm³/mol. The van der Waals surface area contributed by atoms with Crippen LogP contribution in [0.2, 0.25) is 0 Å². The van der Waals surface area contributed by atoms with Gasteiger partial charge in [-0.1, -0.05) is 66.7 Å². The molecule has 0 fully saturated rings. The number of fused-ring (bicyclic) bond motifs is 1. The molecular weight excluding hydrogens is 348 g/mol. The normalized spacial score (nSPS) is 15.3. The van der Waals surface area contributed by atoms with E-state index in [2.05, 4.69) is 12.1 Å². The number of hydrogen-bond acceptors (Lipinski definition) is 3. The molecule has 0 radical (unpaired) electrons. The molecule has 1 aliphatic carbocycles. The van der Waals surface area contributed by atoms with Gasteiger partial charge in [-0.05, 0) is 41.3 Å². The summed E-state index contributed by atoms with van der Waals surface area (Å²) in [6.45, 7) is 2.18. The van der Waals surface area contributed by atoms with Crippen LogP contribution in [-0.4, -0.2) is 19.7 Å². The fourth-order valence-electron chi connectivity index (χ4n) is 3.92. The van der Waals surface area contributed by atoms with E-state index in [0.29, 0.717) is 12.2 Å². The summed E-state index contributed by atoms with van der Waals surface area (Å²) in [6, 6.07) is 26.1. The van der Waals surface area contributed by atoms with Gasteiger partial charge in [0.1, 0.15) is 5.75 Å². The lowest BCUT2D eigenvalue weighted by molar-refractivity contribution is -0.138. The summed E-state index contributed by atoms with van der Waals surface area (Å²) in [5.74, 6) is 0.308. The summed E-state index contributed by atoms with van der Waals surface area (Å²) in [5, 5.41) is 0. The molecule has 4 rings (SSSR count). The van der Waals surface area contributed by atoms with Crippen molar-refractivity contribution in [2.24, 2.45) is 0 Å². The van der Waals surface area contributed by atoms with Gasteiger partial charge in [-0.15, -0.1) is 0 Å². The fraction of sp³-hybridized carbons (Fsp3) is 0.160. The van der Waals surface area contributed by atoms with Crippen LogP contribution in [0.5, 0.6) is 5.75 Å². The molecule has 0 bridgehead atoms. The second-order valence-electron chi connectivity index (χ2n) is 6.67. The largest absolute Gasteiger partial charge is 0.497 e. The van der Waals surface area contributed by atoms with Crippen molar-refractivity contribution in [3.05, 3.63) is 107 Å². The molecule has 0 N–H and O–H groups in total. The van der Waals surface area contributed by atoms with Crippen LogP contribution in [0, 0.1) is 0 Å². The lowest BCUT2D eigenvalue weighted by Gasteiger charge is -2.17. The molecule has 28 heavy (non-hydrogen) atoms. The summed E-state index contributed by atoms with van der Waals surface area (Å²) in [5.41, 5.74) is 5.80. The van der Waals surface area contributed by atoms with Gasteiger partial charge in [-0.2, -0.15) is 0 Å². The number of ether oxygens (including phenoxy) is 2. The van der Waals surface area contributed by atoms with Crippen LogP contribution < -0.4 is 4.74 Å².